The maximum Gasteiger partial charge on any atom is 0.293 e. The molecule has 0 amide bonds. The van der Waals surface area contributed by atoms with Gasteiger partial charge in [-0.15, -0.1) is 0 Å². The molecule has 1 fully saturated rings. The van der Waals surface area contributed by atoms with Gasteiger partial charge in [-0.2, -0.15) is 0 Å². The van der Waals surface area contributed by atoms with Crippen molar-refractivity contribution in [3.05, 3.63) is 28.3 Å². The highest BCUT2D eigenvalue weighted by molar-refractivity contribution is 7.89. The van der Waals surface area contributed by atoms with Crippen LogP contribution >= 0.6 is 0 Å². The molecule has 2 rings (SSSR count). The summed E-state index contributed by atoms with van der Waals surface area (Å²) in [5.74, 6) is 0. The molecule has 1 saturated heterocycles. The fraction of sp³-hybridized carbons (Fsp3) is 0.600. The summed E-state index contributed by atoms with van der Waals surface area (Å²) < 4.78 is 26.9. The number of nitrogens with one attached hydrogen (secondary N) is 1. The van der Waals surface area contributed by atoms with E-state index in [2.05, 4.69) is 4.72 Å². The van der Waals surface area contributed by atoms with Crippen LogP contribution in [0.4, 0.5) is 11.4 Å². The first kappa shape index (κ1) is 17.7. The van der Waals surface area contributed by atoms with E-state index in [0.717, 1.165) is 31.9 Å². The number of hydrogen-bond acceptors (Lipinski definition) is 5. The van der Waals surface area contributed by atoms with Crippen molar-refractivity contribution in [3.63, 3.8) is 0 Å². The number of anilines is 1. The van der Waals surface area contributed by atoms with Gasteiger partial charge in [0.25, 0.3) is 5.69 Å². The van der Waals surface area contributed by atoms with Crippen molar-refractivity contribution in [2.75, 3.05) is 11.4 Å². The Morgan fingerprint density at radius 1 is 1.35 bits per heavy atom. The first-order valence-electron chi connectivity index (χ1n) is 7.80. The van der Waals surface area contributed by atoms with E-state index >= 15 is 0 Å². The third kappa shape index (κ3) is 4.00. The van der Waals surface area contributed by atoms with E-state index in [0.29, 0.717) is 5.69 Å². The normalized spacial score (nSPS) is 19.1. The highest BCUT2D eigenvalue weighted by atomic mass is 32.2. The second-order valence-corrected chi connectivity index (χ2v) is 7.94. The van der Waals surface area contributed by atoms with Crippen LogP contribution < -0.4 is 9.62 Å². The summed E-state index contributed by atoms with van der Waals surface area (Å²) >= 11 is 0. The quantitative estimate of drug-likeness (QED) is 0.656. The molecule has 0 radical (unpaired) electrons. The monoisotopic (exact) mass is 341 g/mol. The van der Waals surface area contributed by atoms with Crippen LogP contribution in [-0.4, -0.2) is 32.0 Å². The predicted molar refractivity (Wildman–Crippen MR) is 89.2 cm³/mol. The zero-order valence-electron chi connectivity index (χ0n) is 13.7. The molecule has 128 valence electrons. The topological polar surface area (TPSA) is 92.6 Å². The van der Waals surface area contributed by atoms with Crippen LogP contribution in [0.3, 0.4) is 0 Å². The summed E-state index contributed by atoms with van der Waals surface area (Å²) in [5.41, 5.74) is 0.330. The zero-order chi connectivity index (χ0) is 17.2. The third-order valence-corrected chi connectivity index (χ3v) is 5.61. The third-order valence-electron chi connectivity index (χ3n) is 3.96. The van der Waals surface area contributed by atoms with Crippen LogP contribution in [0.15, 0.2) is 23.1 Å². The van der Waals surface area contributed by atoms with Crippen molar-refractivity contribution < 1.29 is 13.3 Å². The van der Waals surface area contributed by atoms with Crippen LogP contribution in [-0.2, 0) is 10.0 Å². The van der Waals surface area contributed by atoms with Gasteiger partial charge in [-0.05, 0) is 52.2 Å². The molecule has 1 aromatic rings. The van der Waals surface area contributed by atoms with Crippen LogP contribution in [0.25, 0.3) is 0 Å². The lowest BCUT2D eigenvalue weighted by Crippen LogP contribution is -2.37. The minimum absolute atomic E-state index is 0.0775. The standard InChI is InChI=1S/C15H23N3O4S/c1-11(2)16-23(21,22)13-7-8-14(15(10-13)18(19)20)17-9-5-4-6-12(17)3/h7-8,10-12,16H,4-6,9H2,1-3H3/t12-/m1/s1. The second kappa shape index (κ2) is 6.84. The molecule has 0 unspecified atom stereocenters. The summed E-state index contributed by atoms with van der Waals surface area (Å²) in [7, 11) is -3.75. The van der Waals surface area contributed by atoms with E-state index in [1.54, 1.807) is 19.9 Å². The molecule has 0 spiro atoms. The lowest BCUT2D eigenvalue weighted by Gasteiger charge is -2.35. The number of nitro benzene ring substituents is 1. The van der Waals surface area contributed by atoms with Crippen molar-refractivity contribution in [3.8, 4) is 0 Å². The van der Waals surface area contributed by atoms with E-state index in [1.807, 2.05) is 11.8 Å². The molecule has 23 heavy (non-hydrogen) atoms. The van der Waals surface area contributed by atoms with E-state index < -0.39 is 14.9 Å². The molecule has 7 nitrogen and oxygen atoms in total. The number of rotatable bonds is 5. The second-order valence-electron chi connectivity index (χ2n) is 6.22. The molecule has 0 aliphatic carbocycles. The van der Waals surface area contributed by atoms with Gasteiger partial charge < -0.3 is 4.90 Å². The van der Waals surface area contributed by atoms with E-state index in [9.17, 15) is 18.5 Å². The smallest absolute Gasteiger partial charge is 0.293 e. The highest BCUT2D eigenvalue weighted by Gasteiger charge is 2.28. The molecule has 1 heterocycles. The zero-order valence-corrected chi connectivity index (χ0v) is 14.5. The number of nitrogens with zero attached hydrogens (tertiary/aromatic N) is 2. The lowest BCUT2D eigenvalue weighted by molar-refractivity contribution is -0.384. The van der Waals surface area contributed by atoms with E-state index in [1.165, 1.54) is 6.07 Å². The molecular formula is C15H23N3O4S. The highest BCUT2D eigenvalue weighted by Crippen LogP contribution is 2.34. The Balaban J connectivity index is 2.45. The van der Waals surface area contributed by atoms with Crippen molar-refractivity contribution in [1.29, 1.82) is 0 Å². The molecule has 0 saturated carbocycles. The van der Waals surface area contributed by atoms with Gasteiger partial charge in [0.2, 0.25) is 10.0 Å². The SMILES string of the molecule is CC(C)NS(=O)(=O)c1ccc(N2CCCC[C@H]2C)c([N+](=O)[O-])c1. The summed E-state index contributed by atoms with van der Waals surface area (Å²) in [4.78, 5) is 12.8. The number of hydrogen-bond donors (Lipinski definition) is 1. The summed E-state index contributed by atoms with van der Waals surface area (Å²) in [6.07, 6.45) is 3.07. The fourth-order valence-electron chi connectivity index (χ4n) is 2.89. The molecule has 1 aliphatic heterocycles. The fourth-order valence-corrected chi connectivity index (χ4v) is 4.16. The van der Waals surface area contributed by atoms with Crippen molar-refractivity contribution >= 4 is 21.4 Å². The van der Waals surface area contributed by atoms with Crippen LogP contribution in [0.1, 0.15) is 40.0 Å². The number of benzene rings is 1. The Labute approximate surface area is 136 Å². The lowest BCUT2D eigenvalue weighted by atomic mass is 10.0. The first-order chi connectivity index (χ1) is 10.7. The Bertz CT molecular complexity index is 688. The van der Waals surface area contributed by atoms with Gasteiger partial charge >= 0.3 is 0 Å². The minimum Gasteiger partial charge on any atom is -0.363 e. The van der Waals surface area contributed by atoms with Gasteiger partial charge in [0, 0.05) is 24.7 Å². The summed E-state index contributed by atoms with van der Waals surface area (Å²) in [6.45, 7) is 6.19. The Morgan fingerprint density at radius 2 is 2.04 bits per heavy atom. The van der Waals surface area contributed by atoms with Gasteiger partial charge in [0.1, 0.15) is 5.69 Å². The Morgan fingerprint density at radius 3 is 2.61 bits per heavy atom. The molecular weight excluding hydrogens is 318 g/mol. The van der Waals surface area contributed by atoms with E-state index in [-0.39, 0.29) is 22.7 Å². The molecule has 8 heteroatoms. The molecule has 1 aromatic carbocycles. The largest absolute Gasteiger partial charge is 0.363 e. The number of nitro groups is 1. The van der Waals surface area contributed by atoms with Gasteiger partial charge in [-0.1, -0.05) is 0 Å². The van der Waals surface area contributed by atoms with Gasteiger partial charge in [0.15, 0.2) is 0 Å². The average Bonchev–Trinajstić information content (AvgIpc) is 2.45. The molecule has 1 atom stereocenters. The van der Waals surface area contributed by atoms with Gasteiger partial charge in [-0.25, -0.2) is 13.1 Å². The van der Waals surface area contributed by atoms with Crippen LogP contribution in [0.2, 0.25) is 0 Å². The molecule has 1 N–H and O–H groups in total. The van der Waals surface area contributed by atoms with Crippen LogP contribution in [0, 0.1) is 10.1 Å². The summed E-state index contributed by atoms with van der Waals surface area (Å²) in [5, 5.41) is 11.4. The first-order valence-corrected chi connectivity index (χ1v) is 9.28. The van der Waals surface area contributed by atoms with E-state index in [4.69, 9.17) is 0 Å². The van der Waals surface area contributed by atoms with Gasteiger partial charge in [0.05, 0.1) is 9.82 Å². The number of sulfonamides is 1. The van der Waals surface area contributed by atoms with Crippen molar-refractivity contribution in [2.24, 2.45) is 0 Å². The average molecular weight is 341 g/mol. The minimum atomic E-state index is -3.75. The Hall–Kier alpha value is -1.67. The van der Waals surface area contributed by atoms with Crippen molar-refractivity contribution in [1.82, 2.24) is 4.72 Å². The summed E-state index contributed by atoms with van der Waals surface area (Å²) in [6, 6.07) is 4.07. The molecule has 0 bridgehead atoms. The maximum absolute atomic E-state index is 12.2. The maximum atomic E-state index is 12.2. The van der Waals surface area contributed by atoms with Crippen molar-refractivity contribution in [2.45, 2.75) is 57.0 Å². The van der Waals surface area contributed by atoms with Crippen LogP contribution in [0.5, 0.6) is 0 Å². The Kier molecular flexibility index (Phi) is 5.26. The molecule has 1 aliphatic rings. The molecule has 0 aromatic heterocycles. The van der Waals surface area contributed by atoms with Gasteiger partial charge in [-0.3, -0.25) is 10.1 Å². The number of piperidine rings is 1. The predicted octanol–water partition coefficient (Wildman–Crippen LogP) is 2.66.